The molecule has 0 spiro atoms. The Morgan fingerprint density at radius 1 is 1.42 bits per heavy atom. The molecule has 1 unspecified atom stereocenters. The van der Waals surface area contributed by atoms with Crippen molar-refractivity contribution in [1.29, 1.82) is 0 Å². The number of nitro groups is 1. The van der Waals surface area contributed by atoms with Gasteiger partial charge in [-0.05, 0) is 36.7 Å². The summed E-state index contributed by atoms with van der Waals surface area (Å²) in [5.74, 6) is 0.504. The summed E-state index contributed by atoms with van der Waals surface area (Å²) in [6, 6.07) is 2.35. The third-order valence-electron chi connectivity index (χ3n) is 3.40. The molecule has 128 valence electrons. The third-order valence-corrected chi connectivity index (χ3v) is 4.33. The van der Waals surface area contributed by atoms with Crippen LogP contribution >= 0.6 is 11.8 Å². The number of alkyl halides is 3. The van der Waals surface area contributed by atoms with Crippen LogP contribution in [0.3, 0.4) is 0 Å². The minimum absolute atomic E-state index is 0.0332. The van der Waals surface area contributed by atoms with E-state index < -0.39 is 22.4 Å². The van der Waals surface area contributed by atoms with Gasteiger partial charge in [-0.15, -0.1) is 5.10 Å². The van der Waals surface area contributed by atoms with Crippen LogP contribution in [0.25, 0.3) is 0 Å². The number of hydrogen-bond acceptors (Lipinski definition) is 6. The number of hydrogen-bond donors (Lipinski definition) is 1. The lowest BCUT2D eigenvalue weighted by atomic mass is 10.2. The molecule has 1 atom stereocenters. The Bertz CT molecular complexity index is 759. The quantitative estimate of drug-likeness (QED) is 0.659. The van der Waals surface area contributed by atoms with Gasteiger partial charge in [-0.2, -0.15) is 13.2 Å². The maximum atomic E-state index is 12.7. The van der Waals surface area contributed by atoms with Crippen LogP contribution in [0.15, 0.2) is 28.3 Å². The lowest BCUT2D eigenvalue weighted by Gasteiger charge is -2.07. The lowest BCUT2D eigenvalue weighted by molar-refractivity contribution is -0.388. The van der Waals surface area contributed by atoms with E-state index in [0.29, 0.717) is 18.5 Å². The average molecular weight is 360 g/mol. The maximum Gasteiger partial charge on any atom is 0.416 e. The number of rotatable bonds is 4. The first-order chi connectivity index (χ1) is 11.3. The summed E-state index contributed by atoms with van der Waals surface area (Å²) in [6.45, 7) is 0.623. The van der Waals surface area contributed by atoms with Crippen molar-refractivity contribution in [3.05, 3.63) is 39.7 Å². The van der Waals surface area contributed by atoms with Gasteiger partial charge in [0.1, 0.15) is 6.10 Å². The molecule has 11 heteroatoms. The summed E-state index contributed by atoms with van der Waals surface area (Å²) < 4.78 is 43.5. The van der Waals surface area contributed by atoms with Crippen molar-refractivity contribution in [2.75, 3.05) is 6.61 Å². The number of H-pyrrole nitrogens is 1. The third kappa shape index (κ3) is 3.51. The van der Waals surface area contributed by atoms with Crippen LogP contribution in [-0.2, 0) is 10.9 Å². The van der Waals surface area contributed by atoms with E-state index in [1.54, 1.807) is 0 Å². The van der Waals surface area contributed by atoms with Crippen LogP contribution in [-0.4, -0.2) is 26.7 Å². The van der Waals surface area contributed by atoms with E-state index in [1.807, 2.05) is 0 Å². The first-order valence-electron chi connectivity index (χ1n) is 6.92. The summed E-state index contributed by atoms with van der Waals surface area (Å²) in [4.78, 5) is 14.4. The Kier molecular flexibility index (Phi) is 4.45. The smallest absolute Gasteiger partial charge is 0.370 e. The molecule has 1 N–H and O–H groups in total. The number of ether oxygens (including phenoxy) is 1. The van der Waals surface area contributed by atoms with Gasteiger partial charge in [-0.3, -0.25) is 15.2 Å². The molecule has 0 radical (unpaired) electrons. The number of aromatic nitrogens is 3. The van der Waals surface area contributed by atoms with Gasteiger partial charge in [0.25, 0.3) is 5.69 Å². The zero-order chi connectivity index (χ0) is 17.3. The van der Waals surface area contributed by atoms with Gasteiger partial charge in [0.15, 0.2) is 5.82 Å². The summed E-state index contributed by atoms with van der Waals surface area (Å²) in [5, 5.41) is 17.9. The largest absolute Gasteiger partial charge is 0.416 e. The van der Waals surface area contributed by atoms with Gasteiger partial charge in [-0.25, -0.2) is 4.98 Å². The van der Waals surface area contributed by atoms with Crippen LogP contribution < -0.4 is 0 Å². The highest BCUT2D eigenvalue weighted by molar-refractivity contribution is 7.99. The minimum atomic E-state index is -4.65. The van der Waals surface area contributed by atoms with Crippen LogP contribution in [0.5, 0.6) is 0 Å². The van der Waals surface area contributed by atoms with Crippen LogP contribution in [0, 0.1) is 10.1 Å². The molecule has 1 fully saturated rings. The number of halogens is 3. The summed E-state index contributed by atoms with van der Waals surface area (Å²) in [5.41, 5.74) is -1.72. The van der Waals surface area contributed by atoms with E-state index in [1.165, 1.54) is 0 Å². The normalized spacial score (nSPS) is 18.0. The number of aromatic amines is 1. The summed E-state index contributed by atoms with van der Waals surface area (Å²) in [7, 11) is 0. The molecule has 1 aromatic heterocycles. The molecule has 1 saturated heterocycles. The van der Waals surface area contributed by atoms with Crippen molar-refractivity contribution in [1.82, 2.24) is 15.2 Å². The van der Waals surface area contributed by atoms with E-state index in [2.05, 4.69) is 15.2 Å². The number of nitro benzene ring substituents is 1. The topological polar surface area (TPSA) is 93.9 Å². The highest BCUT2D eigenvalue weighted by Crippen LogP contribution is 2.38. The Morgan fingerprint density at radius 2 is 2.21 bits per heavy atom. The molecular weight excluding hydrogens is 349 g/mol. The standard InChI is InChI=1S/C13H11F3N4O3S/c14-13(15,16)7-3-4-10(8(6-7)20(21)22)24-12-17-11(18-19-12)9-2-1-5-23-9/h3-4,6,9H,1-2,5H2,(H,17,18,19). The molecule has 3 rings (SSSR count). The van der Waals surface area contributed by atoms with Crippen molar-refractivity contribution in [2.45, 2.75) is 35.2 Å². The second-order valence-electron chi connectivity index (χ2n) is 5.04. The monoisotopic (exact) mass is 360 g/mol. The number of nitrogens with one attached hydrogen (secondary N) is 1. The molecular formula is C13H11F3N4O3S. The lowest BCUT2D eigenvalue weighted by Crippen LogP contribution is -2.05. The van der Waals surface area contributed by atoms with E-state index in [-0.39, 0.29) is 16.2 Å². The fraction of sp³-hybridized carbons (Fsp3) is 0.385. The molecule has 2 heterocycles. The minimum Gasteiger partial charge on any atom is -0.370 e. The van der Waals surface area contributed by atoms with Crippen molar-refractivity contribution >= 4 is 17.4 Å². The van der Waals surface area contributed by atoms with E-state index >= 15 is 0 Å². The number of benzene rings is 1. The Balaban J connectivity index is 1.85. The molecule has 2 aromatic rings. The van der Waals surface area contributed by atoms with E-state index in [0.717, 1.165) is 36.7 Å². The van der Waals surface area contributed by atoms with Crippen LogP contribution in [0.1, 0.15) is 30.3 Å². The Hall–Kier alpha value is -2.14. The van der Waals surface area contributed by atoms with Gasteiger partial charge in [0.05, 0.1) is 15.4 Å². The molecule has 1 aromatic carbocycles. The molecule has 24 heavy (non-hydrogen) atoms. The second kappa shape index (κ2) is 6.40. The first kappa shape index (κ1) is 16.7. The predicted octanol–water partition coefficient (Wildman–Crippen LogP) is 3.73. The van der Waals surface area contributed by atoms with Crippen LogP contribution in [0.4, 0.5) is 18.9 Å². The van der Waals surface area contributed by atoms with E-state index in [4.69, 9.17) is 4.74 Å². The predicted molar refractivity (Wildman–Crippen MR) is 76.5 cm³/mol. The van der Waals surface area contributed by atoms with Gasteiger partial charge >= 0.3 is 6.18 Å². The van der Waals surface area contributed by atoms with Crippen molar-refractivity contribution in [2.24, 2.45) is 0 Å². The number of nitrogens with zero attached hydrogens (tertiary/aromatic N) is 3. The molecule has 0 saturated carbocycles. The fourth-order valence-corrected chi connectivity index (χ4v) is 3.07. The van der Waals surface area contributed by atoms with Gasteiger partial charge in [-0.1, -0.05) is 0 Å². The van der Waals surface area contributed by atoms with E-state index in [9.17, 15) is 23.3 Å². The summed E-state index contributed by atoms with van der Waals surface area (Å²) >= 11 is 0.823. The summed E-state index contributed by atoms with van der Waals surface area (Å²) in [6.07, 6.45) is -3.15. The van der Waals surface area contributed by atoms with Gasteiger partial charge < -0.3 is 4.74 Å². The SMILES string of the molecule is O=[N+]([O-])c1cc(C(F)(F)F)ccc1Sc1n[nH]c(C2CCCO2)n1. The molecule has 0 amide bonds. The first-order valence-corrected chi connectivity index (χ1v) is 7.73. The average Bonchev–Trinajstić information content (AvgIpc) is 3.16. The van der Waals surface area contributed by atoms with Gasteiger partial charge in [0.2, 0.25) is 5.16 Å². The van der Waals surface area contributed by atoms with Gasteiger partial charge in [0, 0.05) is 12.7 Å². The Labute approximate surface area is 137 Å². The molecule has 0 bridgehead atoms. The second-order valence-corrected chi connectivity index (χ2v) is 6.05. The highest BCUT2D eigenvalue weighted by Gasteiger charge is 2.33. The molecule has 7 nitrogen and oxygen atoms in total. The van der Waals surface area contributed by atoms with Crippen molar-refractivity contribution in [3.63, 3.8) is 0 Å². The van der Waals surface area contributed by atoms with Crippen LogP contribution in [0.2, 0.25) is 0 Å². The molecule has 0 aliphatic carbocycles. The zero-order valence-electron chi connectivity index (χ0n) is 12.0. The highest BCUT2D eigenvalue weighted by atomic mass is 32.2. The zero-order valence-corrected chi connectivity index (χ0v) is 12.9. The Morgan fingerprint density at radius 3 is 2.83 bits per heavy atom. The maximum absolute atomic E-state index is 12.7. The molecule has 1 aliphatic heterocycles. The van der Waals surface area contributed by atoms with Crippen molar-refractivity contribution in [3.8, 4) is 0 Å². The molecule has 1 aliphatic rings. The van der Waals surface area contributed by atoms with Crippen molar-refractivity contribution < 1.29 is 22.8 Å². The fourth-order valence-electron chi connectivity index (χ4n) is 2.26.